The number of rotatable bonds is 4. The number of anilines is 1. The molecule has 1 heterocycles. The van der Waals surface area contributed by atoms with E-state index in [4.69, 9.17) is 17.3 Å². The Morgan fingerprint density at radius 2 is 2.20 bits per heavy atom. The summed E-state index contributed by atoms with van der Waals surface area (Å²) in [6.07, 6.45) is 1.47. The Kier molecular flexibility index (Phi) is 3.98. The third-order valence-electron chi connectivity index (χ3n) is 2.72. The monoisotopic (exact) mass is 318 g/mol. The van der Waals surface area contributed by atoms with Gasteiger partial charge in [0.25, 0.3) is 0 Å². The van der Waals surface area contributed by atoms with Crippen LogP contribution in [0.4, 0.5) is 10.2 Å². The van der Waals surface area contributed by atoms with E-state index >= 15 is 0 Å². The number of aromatic nitrogens is 2. The number of hydrogen-bond acceptors (Lipinski definition) is 4. The third-order valence-corrected chi connectivity index (χ3v) is 4.41. The molecule has 0 saturated heterocycles. The van der Waals surface area contributed by atoms with Gasteiger partial charge in [-0.15, -0.1) is 0 Å². The van der Waals surface area contributed by atoms with E-state index in [9.17, 15) is 12.8 Å². The van der Waals surface area contributed by atoms with Crippen molar-refractivity contribution >= 4 is 27.4 Å². The van der Waals surface area contributed by atoms with Crippen molar-refractivity contribution in [1.29, 1.82) is 0 Å². The molecule has 20 heavy (non-hydrogen) atoms. The van der Waals surface area contributed by atoms with Crippen molar-refractivity contribution in [2.45, 2.75) is 11.4 Å². The SMILES string of the molecule is Cn1ncc(CNS(=O)(=O)c2ccc(F)c(Cl)c2)c1N. The van der Waals surface area contributed by atoms with E-state index in [1.54, 1.807) is 7.05 Å². The van der Waals surface area contributed by atoms with E-state index in [2.05, 4.69) is 9.82 Å². The molecule has 0 aliphatic rings. The van der Waals surface area contributed by atoms with Gasteiger partial charge in [-0.2, -0.15) is 5.10 Å². The third kappa shape index (κ3) is 2.92. The van der Waals surface area contributed by atoms with E-state index in [1.165, 1.54) is 10.9 Å². The van der Waals surface area contributed by atoms with Gasteiger partial charge in [-0.1, -0.05) is 11.6 Å². The Balaban J connectivity index is 2.19. The summed E-state index contributed by atoms with van der Waals surface area (Å²) in [5, 5.41) is 3.65. The highest BCUT2D eigenvalue weighted by Crippen LogP contribution is 2.19. The van der Waals surface area contributed by atoms with Crippen LogP contribution in [-0.2, 0) is 23.6 Å². The van der Waals surface area contributed by atoms with Crippen LogP contribution in [0.25, 0.3) is 0 Å². The van der Waals surface area contributed by atoms with Crippen LogP contribution >= 0.6 is 11.6 Å². The van der Waals surface area contributed by atoms with Gasteiger partial charge in [-0.05, 0) is 18.2 Å². The van der Waals surface area contributed by atoms with Gasteiger partial charge in [0.2, 0.25) is 10.0 Å². The van der Waals surface area contributed by atoms with E-state index in [0.29, 0.717) is 11.4 Å². The lowest BCUT2D eigenvalue weighted by Crippen LogP contribution is -2.23. The molecular weight excluding hydrogens is 307 g/mol. The van der Waals surface area contributed by atoms with Crippen LogP contribution in [-0.4, -0.2) is 18.2 Å². The number of hydrogen-bond donors (Lipinski definition) is 2. The van der Waals surface area contributed by atoms with Gasteiger partial charge < -0.3 is 5.73 Å². The van der Waals surface area contributed by atoms with Gasteiger partial charge in [-0.25, -0.2) is 17.5 Å². The van der Waals surface area contributed by atoms with Gasteiger partial charge in [0.15, 0.2) is 0 Å². The summed E-state index contributed by atoms with van der Waals surface area (Å²) in [4.78, 5) is -0.119. The summed E-state index contributed by atoms with van der Waals surface area (Å²) in [6.45, 7) is -0.0169. The predicted octanol–water partition coefficient (Wildman–Crippen LogP) is 1.27. The summed E-state index contributed by atoms with van der Waals surface area (Å²) >= 11 is 5.57. The number of benzene rings is 1. The number of halogens is 2. The van der Waals surface area contributed by atoms with Crippen molar-refractivity contribution in [3.8, 4) is 0 Å². The summed E-state index contributed by atoms with van der Waals surface area (Å²) in [5.41, 5.74) is 6.26. The average molecular weight is 319 g/mol. The van der Waals surface area contributed by atoms with Gasteiger partial charge in [-0.3, -0.25) is 4.68 Å². The number of aryl methyl sites for hydroxylation is 1. The number of nitrogens with two attached hydrogens (primary N) is 1. The number of nitrogen functional groups attached to an aromatic ring is 1. The lowest BCUT2D eigenvalue weighted by molar-refractivity contribution is 0.580. The van der Waals surface area contributed by atoms with E-state index in [1.807, 2.05) is 0 Å². The van der Waals surface area contributed by atoms with Gasteiger partial charge in [0, 0.05) is 19.2 Å². The van der Waals surface area contributed by atoms with Crippen LogP contribution in [0, 0.1) is 5.82 Å². The first-order valence-corrected chi connectivity index (χ1v) is 7.38. The first-order chi connectivity index (χ1) is 9.31. The minimum atomic E-state index is -3.80. The Morgan fingerprint density at radius 1 is 1.50 bits per heavy atom. The second-order valence-corrected chi connectivity index (χ2v) is 6.25. The summed E-state index contributed by atoms with van der Waals surface area (Å²) in [7, 11) is -2.15. The molecule has 0 amide bonds. The highest BCUT2D eigenvalue weighted by atomic mass is 35.5. The Morgan fingerprint density at radius 3 is 2.75 bits per heavy atom. The van der Waals surface area contributed by atoms with Crippen molar-refractivity contribution in [3.05, 3.63) is 40.8 Å². The second-order valence-electron chi connectivity index (χ2n) is 4.08. The molecule has 0 bridgehead atoms. The van der Waals surface area contributed by atoms with Crippen LogP contribution in [0.1, 0.15) is 5.56 Å². The predicted molar refractivity (Wildman–Crippen MR) is 73.1 cm³/mol. The molecule has 0 atom stereocenters. The molecule has 3 N–H and O–H groups in total. The quantitative estimate of drug-likeness (QED) is 0.888. The normalized spacial score (nSPS) is 11.8. The number of nitrogens with zero attached hydrogens (tertiary/aromatic N) is 2. The molecule has 0 aliphatic heterocycles. The zero-order valence-corrected chi connectivity index (χ0v) is 12.0. The summed E-state index contributed by atoms with van der Waals surface area (Å²) in [6, 6.07) is 3.18. The standard InChI is InChI=1S/C11H12ClFN4O2S/c1-17-11(14)7(5-15-17)6-16-20(18,19)8-2-3-10(13)9(12)4-8/h2-5,16H,6,14H2,1H3. The molecule has 6 nitrogen and oxygen atoms in total. The summed E-state index contributed by atoms with van der Waals surface area (Å²) < 4.78 is 40.9. The van der Waals surface area contributed by atoms with Crippen molar-refractivity contribution < 1.29 is 12.8 Å². The fraction of sp³-hybridized carbons (Fsp3) is 0.182. The van der Waals surface area contributed by atoms with Crippen molar-refractivity contribution in [2.24, 2.45) is 7.05 Å². The van der Waals surface area contributed by atoms with Crippen molar-refractivity contribution in [2.75, 3.05) is 5.73 Å². The van der Waals surface area contributed by atoms with E-state index < -0.39 is 15.8 Å². The smallest absolute Gasteiger partial charge is 0.240 e. The average Bonchev–Trinajstić information content (AvgIpc) is 2.71. The van der Waals surface area contributed by atoms with Gasteiger partial charge in [0.05, 0.1) is 16.1 Å². The lowest BCUT2D eigenvalue weighted by atomic mass is 10.3. The molecule has 0 radical (unpaired) electrons. The molecule has 108 valence electrons. The molecule has 9 heteroatoms. The maximum absolute atomic E-state index is 13.0. The molecule has 2 aromatic rings. The fourth-order valence-electron chi connectivity index (χ4n) is 1.53. The molecule has 2 rings (SSSR count). The second kappa shape index (κ2) is 5.39. The molecule has 0 saturated carbocycles. The van der Waals surface area contributed by atoms with Crippen LogP contribution in [0.2, 0.25) is 5.02 Å². The Bertz CT molecular complexity index is 745. The van der Waals surface area contributed by atoms with E-state index in [0.717, 1.165) is 18.2 Å². The molecule has 0 unspecified atom stereocenters. The lowest BCUT2D eigenvalue weighted by Gasteiger charge is -2.07. The highest BCUT2D eigenvalue weighted by Gasteiger charge is 2.16. The van der Waals surface area contributed by atoms with Crippen molar-refractivity contribution in [3.63, 3.8) is 0 Å². The molecular formula is C11H12ClFN4O2S. The zero-order chi connectivity index (χ0) is 14.9. The molecule has 0 spiro atoms. The van der Waals surface area contributed by atoms with Gasteiger partial charge >= 0.3 is 0 Å². The fourth-order valence-corrected chi connectivity index (χ4v) is 2.81. The molecule has 0 fully saturated rings. The van der Waals surface area contributed by atoms with Crippen molar-refractivity contribution in [1.82, 2.24) is 14.5 Å². The maximum Gasteiger partial charge on any atom is 0.240 e. The van der Waals surface area contributed by atoms with Crippen LogP contribution in [0.5, 0.6) is 0 Å². The van der Waals surface area contributed by atoms with Crippen LogP contribution in [0.3, 0.4) is 0 Å². The Labute approximate surface area is 120 Å². The largest absolute Gasteiger partial charge is 0.384 e. The minimum Gasteiger partial charge on any atom is -0.384 e. The topological polar surface area (TPSA) is 90.0 Å². The maximum atomic E-state index is 13.0. The Hall–Kier alpha value is -1.64. The molecule has 1 aromatic carbocycles. The summed E-state index contributed by atoms with van der Waals surface area (Å²) in [5.74, 6) is -0.313. The van der Waals surface area contributed by atoms with Crippen LogP contribution < -0.4 is 10.5 Å². The first kappa shape index (κ1) is 14.8. The van der Waals surface area contributed by atoms with Crippen LogP contribution in [0.15, 0.2) is 29.3 Å². The highest BCUT2D eigenvalue weighted by molar-refractivity contribution is 7.89. The van der Waals surface area contributed by atoms with E-state index in [-0.39, 0.29) is 16.5 Å². The zero-order valence-electron chi connectivity index (χ0n) is 10.5. The number of nitrogens with one attached hydrogen (secondary N) is 1. The number of sulfonamides is 1. The van der Waals surface area contributed by atoms with Gasteiger partial charge in [0.1, 0.15) is 11.6 Å². The molecule has 0 aliphatic carbocycles. The molecule has 1 aromatic heterocycles. The minimum absolute atomic E-state index is 0.0169. The first-order valence-electron chi connectivity index (χ1n) is 5.52.